The highest BCUT2D eigenvalue weighted by Gasteiger charge is 2.33. The normalized spacial score (nSPS) is 25.2. The summed E-state index contributed by atoms with van der Waals surface area (Å²) in [6, 6.07) is 4.69. The molecule has 11 heteroatoms. The van der Waals surface area contributed by atoms with E-state index in [4.69, 9.17) is 17.0 Å². The van der Waals surface area contributed by atoms with Crippen LogP contribution in [0.15, 0.2) is 22.6 Å². The van der Waals surface area contributed by atoms with Crippen molar-refractivity contribution in [2.24, 2.45) is 4.36 Å². The lowest BCUT2D eigenvalue weighted by Gasteiger charge is -2.25. The molecule has 2 amide bonds. The van der Waals surface area contributed by atoms with Crippen LogP contribution in [0, 0.1) is 5.82 Å². The molecule has 2 fully saturated rings. The van der Waals surface area contributed by atoms with Crippen LogP contribution in [-0.4, -0.2) is 59.2 Å². The monoisotopic (exact) mass is 485 g/mol. The lowest BCUT2D eigenvalue weighted by molar-refractivity contribution is 0.143. The SMILES string of the molecule is CCCC(=S)NC[C@H]1CN(c2ccc(C3CCS(=O)(=NC(=O)OC)CC3)c(F)c2)C(=O)O1. The van der Waals surface area contributed by atoms with Gasteiger partial charge in [-0.15, -0.1) is 4.36 Å². The minimum absolute atomic E-state index is 0.131. The van der Waals surface area contributed by atoms with Gasteiger partial charge in [-0.05, 0) is 49.3 Å². The van der Waals surface area contributed by atoms with Gasteiger partial charge in [0.15, 0.2) is 0 Å². The molecule has 2 aliphatic rings. The Bertz CT molecular complexity index is 995. The van der Waals surface area contributed by atoms with Gasteiger partial charge in [-0.2, -0.15) is 0 Å². The van der Waals surface area contributed by atoms with Gasteiger partial charge in [-0.1, -0.05) is 25.2 Å². The number of hydrogen-bond donors (Lipinski definition) is 1. The third kappa shape index (κ3) is 5.94. The first kappa shape index (κ1) is 24.4. The number of rotatable bonds is 6. The minimum Gasteiger partial charge on any atom is -0.451 e. The van der Waals surface area contributed by atoms with E-state index in [1.165, 1.54) is 18.1 Å². The van der Waals surface area contributed by atoms with E-state index in [-0.39, 0.29) is 23.5 Å². The number of nitrogens with one attached hydrogen (secondary N) is 1. The van der Waals surface area contributed by atoms with E-state index >= 15 is 0 Å². The van der Waals surface area contributed by atoms with Gasteiger partial charge >= 0.3 is 12.2 Å². The van der Waals surface area contributed by atoms with Gasteiger partial charge in [0.05, 0.1) is 40.6 Å². The van der Waals surface area contributed by atoms with Crippen LogP contribution < -0.4 is 10.2 Å². The Morgan fingerprint density at radius 3 is 2.75 bits per heavy atom. The molecule has 0 aromatic heterocycles. The van der Waals surface area contributed by atoms with E-state index in [1.807, 2.05) is 6.92 Å². The van der Waals surface area contributed by atoms with Crippen molar-refractivity contribution in [3.05, 3.63) is 29.6 Å². The predicted molar refractivity (Wildman–Crippen MR) is 124 cm³/mol. The number of carbonyl (C=O) groups excluding carboxylic acids is 2. The first-order valence-corrected chi connectivity index (χ1v) is 12.9. The summed E-state index contributed by atoms with van der Waals surface area (Å²) in [5, 5.41) is 3.10. The molecule has 3 rings (SSSR count). The fourth-order valence-corrected chi connectivity index (χ4v) is 6.20. The van der Waals surface area contributed by atoms with E-state index in [1.54, 1.807) is 12.1 Å². The summed E-state index contributed by atoms with van der Waals surface area (Å²) >= 11 is 5.21. The first-order chi connectivity index (χ1) is 15.2. The Morgan fingerprint density at radius 1 is 1.41 bits per heavy atom. The summed E-state index contributed by atoms with van der Waals surface area (Å²) in [5.74, 6) is -0.139. The maximum Gasteiger partial charge on any atom is 0.441 e. The maximum atomic E-state index is 14.9. The lowest BCUT2D eigenvalue weighted by Crippen LogP contribution is -2.33. The number of cyclic esters (lactones) is 1. The van der Waals surface area contributed by atoms with Gasteiger partial charge < -0.3 is 14.8 Å². The van der Waals surface area contributed by atoms with E-state index in [9.17, 15) is 18.2 Å². The molecular weight excluding hydrogens is 457 g/mol. The van der Waals surface area contributed by atoms with Crippen LogP contribution in [0.2, 0.25) is 0 Å². The molecule has 176 valence electrons. The van der Waals surface area contributed by atoms with Crippen LogP contribution in [0.4, 0.5) is 19.7 Å². The van der Waals surface area contributed by atoms with Crippen molar-refractivity contribution in [3.8, 4) is 0 Å². The number of thiocarbonyl (C=S) groups is 1. The van der Waals surface area contributed by atoms with Crippen molar-refractivity contribution >= 4 is 44.8 Å². The second kappa shape index (κ2) is 10.6. The molecule has 0 aliphatic carbocycles. The molecule has 1 aromatic rings. The number of halogens is 1. The molecular formula is C21H28FN3O5S2. The molecule has 1 N–H and O–H groups in total. The molecule has 8 nitrogen and oxygen atoms in total. The maximum absolute atomic E-state index is 14.9. The Balaban J connectivity index is 1.63. The molecule has 0 spiro atoms. The topological polar surface area (TPSA) is 97.3 Å². The summed E-state index contributed by atoms with van der Waals surface area (Å²) in [4.78, 5) is 25.7. The van der Waals surface area contributed by atoms with Crippen LogP contribution in [0.3, 0.4) is 0 Å². The van der Waals surface area contributed by atoms with Gasteiger partial charge in [0.25, 0.3) is 0 Å². The number of hydrogen-bond acceptors (Lipinski definition) is 6. The highest BCUT2D eigenvalue weighted by molar-refractivity contribution is 7.93. The second-order valence-electron chi connectivity index (χ2n) is 7.89. The van der Waals surface area contributed by atoms with E-state index < -0.39 is 27.7 Å². The zero-order valence-corrected chi connectivity index (χ0v) is 19.8. The summed E-state index contributed by atoms with van der Waals surface area (Å²) < 4.78 is 41.1. The van der Waals surface area contributed by atoms with Crippen molar-refractivity contribution in [3.63, 3.8) is 0 Å². The largest absolute Gasteiger partial charge is 0.451 e. The Hall–Kier alpha value is -2.27. The van der Waals surface area contributed by atoms with Crippen LogP contribution in [-0.2, 0) is 19.2 Å². The lowest BCUT2D eigenvalue weighted by atomic mass is 9.93. The van der Waals surface area contributed by atoms with Crippen LogP contribution >= 0.6 is 12.2 Å². The number of anilines is 1. The average Bonchev–Trinajstić information content (AvgIpc) is 3.13. The van der Waals surface area contributed by atoms with Gasteiger partial charge in [0, 0.05) is 11.5 Å². The number of nitrogens with zero attached hydrogens (tertiary/aromatic N) is 2. The van der Waals surface area contributed by atoms with Gasteiger partial charge in [0.1, 0.15) is 11.9 Å². The standard InChI is InChI=1S/C21H28FN3O5S2/c1-3-4-19(31)23-12-16-13-25(21(27)30-16)15-5-6-17(18(22)11-15)14-7-9-32(28,10-8-14)24-20(26)29-2/h5-6,11,14,16H,3-4,7-10,12-13H2,1-2H3,(H,23,31)/t14?,16-,32?/m0/s1. The number of ether oxygens (including phenoxy) is 2. The molecule has 32 heavy (non-hydrogen) atoms. The smallest absolute Gasteiger partial charge is 0.441 e. The molecule has 0 unspecified atom stereocenters. The van der Waals surface area contributed by atoms with Crippen molar-refractivity contribution in [1.82, 2.24) is 5.32 Å². The number of methoxy groups -OCH3 is 1. The van der Waals surface area contributed by atoms with Crippen molar-refractivity contribution in [1.29, 1.82) is 0 Å². The highest BCUT2D eigenvalue weighted by atomic mass is 32.2. The average molecular weight is 486 g/mol. The molecule has 2 heterocycles. The number of amides is 2. The summed E-state index contributed by atoms with van der Waals surface area (Å²) in [7, 11) is -1.47. The molecule has 0 radical (unpaired) electrons. The van der Waals surface area contributed by atoms with Gasteiger partial charge in [-0.25, -0.2) is 18.2 Å². The number of benzene rings is 1. The van der Waals surface area contributed by atoms with E-state index in [0.29, 0.717) is 37.2 Å². The summed E-state index contributed by atoms with van der Waals surface area (Å²) in [6.45, 7) is 2.76. The summed E-state index contributed by atoms with van der Waals surface area (Å²) in [6.07, 6.45) is 0.879. The molecule has 1 aromatic carbocycles. The second-order valence-corrected chi connectivity index (χ2v) is 10.9. The minimum atomic E-state index is -2.66. The van der Waals surface area contributed by atoms with Crippen LogP contribution in [0.1, 0.15) is 44.1 Å². The zero-order valence-electron chi connectivity index (χ0n) is 18.2. The van der Waals surface area contributed by atoms with Crippen LogP contribution in [0.5, 0.6) is 0 Å². The highest BCUT2D eigenvalue weighted by Crippen LogP contribution is 2.34. The van der Waals surface area contributed by atoms with Crippen LogP contribution in [0.25, 0.3) is 0 Å². The summed E-state index contributed by atoms with van der Waals surface area (Å²) in [5.41, 5.74) is 0.930. The third-order valence-electron chi connectivity index (χ3n) is 5.60. The Labute approximate surface area is 193 Å². The van der Waals surface area contributed by atoms with Crippen molar-refractivity contribution < 1.29 is 27.7 Å². The molecule has 0 bridgehead atoms. The van der Waals surface area contributed by atoms with E-state index in [0.717, 1.165) is 17.8 Å². The van der Waals surface area contributed by atoms with Gasteiger partial charge in [-0.3, -0.25) is 4.90 Å². The van der Waals surface area contributed by atoms with Crippen molar-refractivity contribution in [2.75, 3.05) is 36.6 Å². The van der Waals surface area contributed by atoms with Crippen molar-refractivity contribution in [2.45, 2.75) is 44.6 Å². The third-order valence-corrected chi connectivity index (χ3v) is 8.18. The first-order valence-electron chi connectivity index (χ1n) is 10.6. The zero-order chi connectivity index (χ0) is 23.3. The fourth-order valence-electron chi connectivity index (χ4n) is 3.87. The Kier molecular flexibility index (Phi) is 8.05. The number of carbonyl (C=O) groups is 2. The molecule has 2 aliphatic heterocycles. The fraction of sp³-hybridized carbons (Fsp3) is 0.571. The molecule has 2 saturated heterocycles. The Morgan fingerprint density at radius 2 is 2.12 bits per heavy atom. The molecule has 1 atom stereocenters. The quantitative estimate of drug-likeness (QED) is 0.609. The van der Waals surface area contributed by atoms with Gasteiger partial charge in [0.2, 0.25) is 0 Å². The predicted octanol–water partition coefficient (Wildman–Crippen LogP) is 3.98. The molecule has 0 saturated carbocycles. The van der Waals surface area contributed by atoms with E-state index in [2.05, 4.69) is 14.4 Å².